The van der Waals surface area contributed by atoms with E-state index in [2.05, 4.69) is 15.1 Å². The number of carbonyl (C=O) groups excluding carboxylic acids is 1. The lowest BCUT2D eigenvalue weighted by Crippen LogP contribution is -2.14. The second kappa shape index (κ2) is 8.20. The highest BCUT2D eigenvalue weighted by Gasteiger charge is 2.27. The van der Waals surface area contributed by atoms with E-state index in [-0.39, 0.29) is 13.2 Å². The Labute approximate surface area is 159 Å². The van der Waals surface area contributed by atoms with Crippen molar-refractivity contribution in [3.05, 3.63) is 59.7 Å². The summed E-state index contributed by atoms with van der Waals surface area (Å²) in [6.45, 7) is 1.52. The SMILES string of the molecule is Cc1cc(C=O)c(OCc2cccnc2-c2ccnn2CCC(F)(F)F)cn1. The molecule has 3 rings (SSSR count). The molecule has 0 atom stereocenters. The van der Waals surface area contributed by atoms with Crippen LogP contribution in [0.25, 0.3) is 11.4 Å². The number of rotatable bonds is 7. The van der Waals surface area contributed by atoms with Gasteiger partial charge >= 0.3 is 6.18 Å². The summed E-state index contributed by atoms with van der Waals surface area (Å²) in [4.78, 5) is 19.6. The van der Waals surface area contributed by atoms with Gasteiger partial charge < -0.3 is 4.74 Å². The van der Waals surface area contributed by atoms with Crippen molar-refractivity contribution in [3.8, 4) is 17.1 Å². The van der Waals surface area contributed by atoms with Crippen molar-refractivity contribution in [3.63, 3.8) is 0 Å². The predicted octanol–water partition coefficient (Wildman–Crippen LogP) is 3.99. The fourth-order valence-electron chi connectivity index (χ4n) is 2.67. The van der Waals surface area contributed by atoms with Crippen LogP contribution in [0.4, 0.5) is 13.2 Å². The number of pyridine rings is 2. The second-order valence-corrected chi connectivity index (χ2v) is 6.09. The van der Waals surface area contributed by atoms with Crippen LogP contribution in [0.15, 0.2) is 42.9 Å². The first-order valence-electron chi connectivity index (χ1n) is 8.45. The number of hydrogen-bond acceptors (Lipinski definition) is 5. The topological polar surface area (TPSA) is 69.9 Å². The van der Waals surface area contributed by atoms with Crippen LogP contribution >= 0.6 is 0 Å². The van der Waals surface area contributed by atoms with E-state index in [0.29, 0.717) is 40.2 Å². The third-order valence-corrected chi connectivity index (χ3v) is 4.00. The minimum absolute atomic E-state index is 0.0687. The van der Waals surface area contributed by atoms with Gasteiger partial charge in [-0.2, -0.15) is 18.3 Å². The van der Waals surface area contributed by atoms with Crippen LogP contribution in [0.1, 0.15) is 28.0 Å². The average Bonchev–Trinajstić information content (AvgIpc) is 3.13. The van der Waals surface area contributed by atoms with Crippen molar-refractivity contribution < 1.29 is 22.7 Å². The molecule has 6 nitrogen and oxygen atoms in total. The number of aromatic nitrogens is 4. The largest absolute Gasteiger partial charge is 0.486 e. The maximum absolute atomic E-state index is 12.6. The lowest BCUT2D eigenvalue weighted by molar-refractivity contribution is -0.137. The molecular weight excluding hydrogens is 373 g/mol. The first kappa shape index (κ1) is 19.5. The molecule has 3 aromatic rings. The summed E-state index contributed by atoms with van der Waals surface area (Å²) in [5.41, 5.74) is 2.63. The Bertz CT molecular complexity index is 970. The Balaban J connectivity index is 1.83. The monoisotopic (exact) mass is 390 g/mol. The number of aryl methyl sites for hydroxylation is 2. The highest BCUT2D eigenvalue weighted by molar-refractivity contribution is 5.79. The molecule has 0 bridgehead atoms. The van der Waals surface area contributed by atoms with Gasteiger partial charge in [0.1, 0.15) is 12.4 Å². The summed E-state index contributed by atoms with van der Waals surface area (Å²) in [5, 5.41) is 3.97. The molecule has 0 aliphatic rings. The van der Waals surface area contributed by atoms with E-state index in [9.17, 15) is 18.0 Å². The summed E-state index contributed by atoms with van der Waals surface area (Å²) in [6, 6.07) is 6.67. The van der Waals surface area contributed by atoms with E-state index >= 15 is 0 Å². The van der Waals surface area contributed by atoms with Crippen molar-refractivity contribution >= 4 is 6.29 Å². The molecule has 0 fully saturated rings. The second-order valence-electron chi connectivity index (χ2n) is 6.09. The zero-order valence-corrected chi connectivity index (χ0v) is 15.0. The molecule has 0 aliphatic carbocycles. The standard InChI is InChI=1S/C19H17F3N4O2/c1-13-9-15(11-27)17(10-24-13)28-12-14-3-2-6-23-18(14)16-4-7-25-26(16)8-5-19(20,21)22/h2-4,6-7,9-11H,5,8,12H2,1H3. The summed E-state index contributed by atoms with van der Waals surface area (Å²) in [6.07, 6.45) is -0.145. The Kier molecular flexibility index (Phi) is 5.72. The van der Waals surface area contributed by atoms with Gasteiger partial charge in [-0.25, -0.2) is 0 Å². The molecule has 0 radical (unpaired) electrons. The minimum Gasteiger partial charge on any atom is -0.486 e. The molecule has 3 heterocycles. The molecule has 28 heavy (non-hydrogen) atoms. The minimum atomic E-state index is -4.27. The zero-order valence-electron chi connectivity index (χ0n) is 15.0. The fourth-order valence-corrected chi connectivity index (χ4v) is 2.67. The third-order valence-electron chi connectivity index (χ3n) is 4.00. The van der Waals surface area contributed by atoms with Gasteiger partial charge in [0.2, 0.25) is 0 Å². The van der Waals surface area contributed by atoms with Crippen LogP contribution in [-0.4, -0.2) is 32.2 Å². The highest BCUT2D eigenvalue weighted by atomic mass is 19.4. The Hall–Kier alpha value is -3.23. The van der Waals surface area contributed by atoms with Gasteiger partial charge in [-0.1, -0.05) is 6.07 Å². The lowest BCUT2D eigenvalue weighted by Gasteiger charge is -2.13. The molecule has 0 saturated heterocycles. The third kappa shape index (κ3) is 4.73. The first-order chi connectivity index (χ1) is 13.4. The summed E-state index contributed by atoms with van der Waals surface area (Å²) < 4.78 is 44.7. The average molecular weight is 390 g/mol. The van der Waals surface area contributed by atoms with Crippen LogP contribution in [0, 0.1) is 6.92 Å². The Morgan fingerprint density at radius 3 is 2.79 bits per heavy atom. The quantitative estimate of drug-likeness (QED) is 0.571. The van der Waals surface area contributed by atoms with Gasteiger partial charge in [-0.05, 0) is 25.1 Å². The van der Waals surface area contributed by atoms with Crippen molar-refractivity contribution in [2.24, 2.45) is 0 Å². The number of alkyl halides is 3. The number of ether oxygens (including phenoxy) is 1. The van der Waals surface area contributed by atoms with Crippen LogP contribution in [-0.2, 0) is 13.2 Å². The maximum Gasteiger partial charge on any atom is 0.390 e. The molecule has 0 spiro atoms. The predicted molar refractivity (Wildman–Crippen MR) is 94.8 cm³/mol. The van der Waals surface area contributed by atoms with E-state index in [1.807, 2.05) is 0 Å². The van der Waals surface area contributed by atoms with Crippen LogP contribution in [0.2, 0.25) is 0 Å². The van der Waals surface area contributed by atoms with Gasteiger partial charge in [0.05, 0.1) is 36.1 Å². The van der Waals surface area contributed by atoms with Gasteiger partial charge in [-0.3, -0.25) is 19.4 Å². The smallest absolute Gasteiger partial charge is 0.390 e. The van der Waals surface area contributed by atoms with Gasteiger partial charge in [-0.15, -0.1) is 0 Å². The highest BCUT2D eigenvalue weighted by Crippen LogP contribution is 2.26. The zero-order chi connectivity index (χ0) is 20.1. The molecule has 0 aliphatic heterocycles. The molecule has 0 amide bonds. The molecule has 0 unspecified atom stereocenters. The molecule has 0 saturated carbocycles. The van der Waals surface area contributed by atoms with Crippen molar-refractivity contribution in [2.75, 3.05) is 0 Å². The van der Waals surface area contributed by atoms with E-state index in [4.69, 9.17) is 4.74 Å². The Morgan fingerprint density at radius 2 is 2.04 bits per heavy atom. The summed E-state index contributed by atoms with van der Waals surface area (Å²) >= 11 is 0. The van der Waals surface area contributed by atoms with Crippen LogP contribution in [0.5, 0.6) is 5.75 Å². The van der Waals surface area contributed by atoms with Crippen molar-refractivity contribution in [2.45, 2.75) is 32.7 Å². The van der Waals surface area contributed by atoms with E-state index in [0.717, 1.165) is 0 Å². The van der Waals surface area contributed by atoms with E-state index in [1.165, 1.54) is 17.1 Å². The molecule has 3 aromatic heterocycles. The molecular formula is C19H17F3N4O2. The maximum atomic E-state index is 12.6. The molecule has 9 heteroatoms. The molecule has 0 N–H and O–H groups in total. The van der Waals surface area contributed by atoms with Crippen LogP contribution < -0.4 is 4.74 Å². The Morgan fingerprint density at radius 1 is 1.21 bits per heavy atom. The van der Waals surface area contributed by atoms with Crippen LogP contribution in [0.3, 0.4) is 0 Å². The molecule has 146 valence electrons. The number of nitrogens with zero attached hydrogens (tertiary/aromatic N) is 4. The number of hydrogen-bond donors (Lipinski definition) is 0. The van der Waals surface area contributed by atoms with E-state index < -0.39 is 12.6 Å². The van der Waals surface area contributed by atoms with Gasteiger partial charge in [0.15, 0.2) is 6.29 Å². The van der Waals surface area contributed by atoms with E-state index in [1.54, 1.807) is 37.4 Å². The first-order valence-corrected chi connectivity index (χ1v) is 8.45. The number of halogens is 3. The summed E-state index contributed by atoms with van der Waals surface area (Å²) in [5.74, 6) is 0.320. The summed E-state index contributed by atoms with van der Waals surface area (Å²) in [7, 11) is 0. The van der Waals surface area contributed by atoms with Gasteiger partial charge in [0.25, 0.3) is 0 Å². The van der Waals surface area contributed by atoms with Crippen molar-refractivity contribution in [1.82, 2.24) is 19.7 Å². The normalized spacial score (nSPS) is 11.4. The fraction of sp³-hybridized carbons (Fsp3) is 0.263. The van der Waals surface area contributed by atoms with Crippen molar-refractivity contribution in [1.29, 1.82) is 0 Å². The molecule has 0 aromatic carbocycles. The lowest BCUT2D eigenvalue weighted by atomic mass is 10.1. The number of carbonyl (C=O) groups is 1. The number of aldehydes is 1. The van der Waals surface area contributed by atoms with Gasteiger partial charge in [0, 0.05) is 23.7 Å².